The molecule has 0 saturated carbocycles. The molecule has 2 saturated heterocycles. The maximum Gasteiger partial charge on any atom is 0.226 e. The highest BCUT2D eigenvalue weighted by Crippen LogP contribution is 2.39. The largest absolute Gasteiger partial charge is 0.356 e. The van der Waals surface area contributed by atoms with Gasteiger partial charge in [-0.05, 0) is 44.1 Å². The van der Waals surface area contributed by atoms with E-state index >= 15 is 0 Å². The van der Waals surface area contributed by atoms with Crippen LogP contribution >= 0.6 is 0 Å². The minimum atomic E-state index is -0.141. The number of carbonyl (C=O) groups is 1. The highest BCUT2D eigenvalue weighted by molar-refractivity contribution is 5.85. The zero-order valence-corrected chi connectivity index (χ0v) is 15.2. The molecule has 5 rings (SSSR count). The summed E-state index contributed by atoms with van der Waals surface area (Å²) in [5, 5.41) is 19.3. The second-order valence-electron chi connectivity index (χ2n) is 8.00. The first kappa shape index (κ1) is 15.8. The van der Waals surface area contributed by atoms with Gasteiger partial charge in [0.05, 0.1) is 11.6 Å². The fraction of sp³-hybridized carbons (Fsp3) is 0.667. The minimum Gasteiger partial charge on any atom is -0.356 e. The van der Waals surface area contributed by atoms with Crippen LogP contribution in [-0.2, 0) is 24.7 Å². The summed E-state index contributed by atoms with van der Waals surface area (Å²) in [6, 6.07) is 0. The minimum absolute atomic E-state index is 0.141. The summed E-state index contributed by atoms with van der Waals surface area (Å²) >= 11 is 0. The summed E-state index contributed by atoms with van der Waals surface area (Å²) in [6.07, 6.45) is 7.80. The monoisotopic (exact) mass is 355 g/mol. The van der Waals surface area contributed by atoms with Crippen molar-refractivity contribution in [3.8, 4) is 0 Å². The standard InChI is InChI=1S/C18H25N7O/c1-24-15(12-2-3-13-11-20-21-14(13)10-12)22-23-17(24)25-8-5-18(6-9-25)4-7-19-16(18)26/h11-12H,2-10H2,1H3,(H,19,26)(H,20,21). The molecule has 2 aromatic rings. The third kappa shape index (κ3) is 2.34. The zero-order chi connectivity index (χ0) is 17.7. The number of hydrogen-bond donors (Lipinski definition) is 2. The molecule has 0 aromatic carbocycles. The van der Waals surface area contributed by atoms with Crippen LogP contribution < -0.4 is 10.2 Å². The third-order valence-corrected chi connectivity index (χ3v) is 6.65. The molecule has 0 radical (unpaired) electrons. The van der Waals surface area contributed by atoms with Gasteiger partial charge in [0.15, 0.2) is 0 Å². The van der Waals surface area contributed by atoms with Crippen molar-refractivity contribution in [3.05, 3.63) is 23.3 Å². The van der Waals surface area contributed by atoms with E-state index in [9.17, 15) is 4.79 Å². The lowest BCUT2D eigenvalue weighted by molar-refractivity contribution is -0.128. The number of rotatable bonds is 2. The van der Waals surface area contributed by atoms with Crippen molar-refractivity contribution < 1.29 is 4.79 Å². The number of nitrogens with zero attached hydrogens (tertiary/aromatic N) is 5. The van der Waals surface area contributed by atoms with E-state index in [1.165, 1.54) is 11.3 Å². The van der Waals surface area contributed by atoms with Crippen molar-refractivity contribution in [2.24, 2.45) is 12.5 Å². The average Bonchev–Trinajstić information content (AvgIpc) is 3.36. The van der Waals surface area contributed by atoms with E-state index in [2.05, 4.69) is 42.2 Å². The Hall–Kier alpha value is -2.38. The zero-order valence-electron chi connectivity index (χ0n) is 15.2. The quantitative estimate of drug-likeness (QED) is 0.836. The van der Waals surface area contributed by atoms with Gasteiger partial charge in [-0.1, -0.05) is 0 Å². The van der Waals surface area contributed by atoms with Crippen LogP contribution in [0, 0.1) is 5.41 Å². The van der Waals surface area contributed by atoms with Crippen LogP contribution in [0.2, 0.25) is 0 Å². The molecule has 1 aliphatic carbocycles. The van der Waals surface area contributed by atoms with E-state index in [0.717, 1.165) is 69.9 Å². The molecule has 138 valence electrons. The normalized spacial score (nSPS) is 24.7. The molecule has 1 amide bonds. The summed E-state index contributed by atoms with van der Waals surface area (Å²) in [7, 11) is 2.07. The maximum absolute atomic E-state index is 12.2. The Bertz CT molecular complexity index is 830. The first-order valence-corrected chi connectivity index (χ1v) is 9.60. The van der Waals surface area contributed by atoms with E-state index in [4.69, 9.17) is 0 Å². The van der Waals surface area contributed by atoms with E-state index in [1.807, 2.05) is 6.20 Å². The first-order valence-electron chi connectivity index (χ1n) is 9.60. The SMILES string of the molecule is Cn1c(C2CCc3cn[nH]c3C2)nnc1N1CCC2(CCNC2=O)CC1. The van der Waals surface area contributed by atoms with Crippen LogP contribution in [0.4, 0.5) is 5.95 Å². The highest BCUT2D eigenvalue weighted by atomic mass is 16.2. The van der Waals surface area contributed by atoms with E-state index in [-0.39, 0.29) is 11.3 Å². The number of carbonyl (C=O) groups excluding carboxylic acids is 1. The number of piperidine rings is 1. The Morgan fingerprint density at radius 3 is 2.85 bits per heavy atom. The summed E-state index contributed by atoms with van der Waals surface area (Å²) in [5.74, 6) is 2.61. The fourth-order valence-corrected chi connectivity index (χ4v) is 4.92. The Kier molecular flexibility index (Phi) is 3.55. The summed E-state index contributed by atoms with van der Waals surface area (Å²) < 4.78 is 2.15. The molecule has 2 aromatic heterocycles. The van der Waals surface area contributed by atoms with Crippen molar-refractivity contribution >= 4 is 11.9 Å². The lowest BCUT2D eigenvalue weighted by Crippen LogP contribution is -2.44. The van der Waals surface area contributed by atoms with Crippen molar-refractivity contribution in [1.82, 2.24) is 30.3 Å². The molecule has 4 heterocycles. The van der Waals surface area contributed by atoms with Gasteiger partial charge in [0, 0.05) is 38.3 Å². The van der Waals surface area contributed by atoms with Crippen LogP contribution in [0.25, 0.3) is 0 Å². The lowest BCUT2D eigenvalue weighted by atomic mass is 9.77. The van der Waals surface area contributed by atoms with Gasteiger partial charge < -0.3 is 14.8 Å². The molecule has 1 atom stereocenters. The Balaban J connectivity index is 1.32. The summed E-state index contributed by atoms with van der Waals surface area (Å²) in [6.45, 7) is 2.56. The molecule has 8 heteroatoms. The topological polar surface area (TPSA) is 91.7 Å². The molecule has 26 heavy (non-hydrogen) atoms. The summed E-state index contributed by atoms with van der Waals surface area (Å²) in [5.41, 5.74) is 2.43. The molecule has 2 N–H and O–H groups in total. The molecule has 8 nitrogen and oxygen atoms in total. The molecular weight excluding hydrogens is 330 g/mol. The first-order chi connectivity index (χ1) is 12.7. The number of H-pyrrole nitrogens is 1. The van der Waals surface area contributed by atoms with Crippen molar-refractivity contribution in [1.29, 1.82) is 0 Å². The predicted molar refractivity (Wildman–Crippen MR) is 95.9 cm³/mol. The van der Waals surface area contributed by atoms with Gasteiger partial charge in [-0.15, -0.1) is 10.2 Å². The molecular formula is C18H25N7O. The van der Waals surface area contributed by atoms with Crippen molar-refractivity contribution in [2.75, 3.05) is 24.5 Å². The van der Waals surface area contributed by atoms with Crippen LogP contribution in [0.3, 0.4) is 0 Å². The molecule has 2 fully saturated rings. The van der Waals surface area contributed by atoms with Gasteiger partial charge >= 0.3 is 0 Å². The smallest absolute Gasteiger partial charge is 0.226 e. The van der Waals surface area contributed by atoms with Crippen LogP contribution in [0.1, 0.15) is 48.7 Å². The van der Waals surface area contributed by atoms with E-state index in [0.29, 0.717) is 5.92 Å². The van der Waals surface area contributed by atoms with Crippen molar-refractivity contribution in [3.63, 3.8) is 0 Å². The number of fused-ring (bicyclic) bond motifs is 1. The number of nitrogens with one attached hydrogen (secondary N) is 2. The molecule has 2 aliphatic heterocycles. The van der Waals surface area contributed by atoms with Crippen LogP contribution in [-0.4, -0.2) is 50.5 Å². The second kappa shape index (κ2) is 5.82. The van der Waals surface area contributed by atoms with Crippen LogP contribution in [0.5, 0.6) is 0 Å². The molecule has 3 aliphatic rings. The number of aromatic amines is 1. The average molecular weight is 355 g/mol. The van der Waals surface area contributed by atoms with Crippen LogP contribution in [0.15, 0.2) is 6.20 Å². The van der Waals surface area contributed by atoms with Gasteiger partial charge in [0.2, 0.25) is 11.9 Å². The Morgan fingerprint density at radius 1 is 1.23 bits per heavy atom. The van der Waals surface area contributed by atoms with Gasteiger partial charge in [-0.2, -0.15) is 5.10 Å². The maximum atomic E-state index is 12.2. The lowest BCUT2D eigenvalue weighted by Gasteiger charge is -2.37. The molecule has 1 unspecified atom stereocenters. The predicted octanol–water partition coefficient (Wildman–Crippen LogP) is 0.917. The van der Waals surface area contributed by atoms with Gasteiger partial charge in [-0.25, -0.2) is 0 Å². The highest BCUT2D eigenvalue weighted by Gasteiger charge is 2.45. The van der Waals surface area contributed by atoms with E-state index in [1.54, 1.807) is 0 Å². The number of aryl methyl sites for hydroxylation is 1. The van der Waals surface area contributed by atoms with Gasteiger partial charge in [0.1, 0.15) is 5.82 Å². The fourth-order valence-electron chi connectivity index (χ4n) is 4.92. The second-order valence-corrected chi connectivity index (χ2v) is 8.00. The number of amides is 1. The Morgan fingerprint density at radius 2 is 2.08 bits per heavy atom. The van der Waals surface area contributed by atoms with Crippen molar-refractivity contribution in [2.45, 2.75) is 44.4 Å². The molecule has 0 bridgehead atoms. The molecule has 1 spiro atoms. The number of anilines is 1. The van der Waals surface area contributed by atoms with E-state index < -0.39 is 0 Å². The Labute approximate surface area is 152 Å². The number of aromatic nitrogens is 5. The van der Waals surface area contributed by atoms with Gasteiger partial charge in [-0.3, -0.25) is 9.89 Å². The number of hydrogen-bond acceptors (Lipinski definition) is 5. The third-order valence-electron chi connectivity index (χ3n) is 6.65. The summed E-state index contributed by atoms with van der Waals surface area (Å²) in [4.78, 5) is 14.5. The van der Waals surface area contributed by atoms with Gasteiger partial charge in [0.25, 0.3) is 0 Å².